The van der Waals surface area contributed by atoms with Gasteiger partial charge >= 0.3 is 0 Å². The Hall–Kier alpha value is -1.50. The van der Waals surface area contributed by atoms with Gasteiger partial charge in [0.2, 0.25) is 11.8 Å². The Bertz CT molecular complexity index is 709. The Labute approximate surface area is 157 Å². The lowest BCUT2D eigenvalue weighted by atomic mass is 10.2. The van der Waals surface area contributed by atoms with Gasteiger partial charge in [-0.3, -0.25) is 4.90 Å². The minimum atomic E-state index is -1.71. The third-order valence-electron chi connectivity index (χ3n) is 5.77. The third kappa shape index (κ3) is 4.42. The van der Waals surface area contributed by atoms with Gasteiger partial charge in [0, 0.05) is 18.2 Å². The number of nitrogens with zero attached hydrogens (tertiary/aromatic N) is 3. The second-order valence-corrected chi connectivity index (χ2v) is 13.5. The van der Waals surface area contributed by atoms with Gasteiger partial charge in [-0.25, -0.2) is 0 Å². The largest absolute Gasteiger partial charge is 0.419 e. The van der Waals surface area contributed by atoms with E-state index in [4.69, 9.17) is 8.84 Å². The Kier molecular flexibility index (Phi) is 5.65. The van der Waals surface area contributed by atoms with Crippen LogP contribution in [0.4, 0.5) is 0 Å². The minimum absolute atomic E-state index is 0.244. The van der Waals surface area contributed by atoms with E-state index in [0.717, 1.165) is 18.7 Å². The number of likely N-dealkylation sites (tertiary alicyclic amines) is 1. The molecule has 1 fully saturated rings. The molecular formula is C20H31N3O2Si. The number of benzene rings is 1. The number of hydrogen-bond donors (Lipinski definition) is 0. The summed E-state index contributed by atoms with van der Waals surface area (Å²) in [6.07, 6.45) is 2.37. The Morgan fingerprint density at radius 3 is 2.62 bits per heavy atom. The second kappa shape index (κ2) is 7.62. The van der Waals surface area contributed by atoms with Gasteiger partial charge in [-0.15, -0.1) is 10.2 Å². The third-order valence-corrected chi connectivity index (χ3v) is 10.3. The summed E-state index contributed by atoms with van der Waals surface area (Å²) < 4.78 is 12.3. The maximum atomic E-state index is 6.45. The maximum Gasteiger partial charge on any atom is 0.247 e. The Balaban J connectivity index is 1.60. The van der Waals surface area contributed by atoms with Gasteiger partial charge < -0.3 is 8.84 Å². The summed E-state index contributed by atoms with van der Waals surface area (Å²) in [6.45, 7) is 14.1. The molecule has 0 N–H and O–H groups in total. The van der Waals surface area contributed by atoms with Crippen molar-refractivity contribution in [1.29, 1.82) is 0 Å². The molecule has 0 saturated carbocycles. The summed E-state index contributed by atoms with van der Waals surface area (Å²) in [5.41, 5.74) is 0.963. The first kappa shape index (κ1) is 19.3. The summed E-state index contributed by atoms with van der Waals surface area (Å²) in [5.74, 6) is 1.27. The molecule has 142 valence electrons. The molecule has 0 aliphatic carbocycles. The quantitative estimate of drug-likeness (QED) is 0.686. The summed E-state index contributed by atoms with van der Waals surface area (Å²) in [5, 5.41) is 8.70. The van der Waals surface area contributed by atoms with E-state index in [9.17, 15) is 0 Å². The standard InChI is InChI=1S/C20H31N3O2Si/c1-20(2,3)26(4,5)24-15-17-12-9-13-23(17)14-18-21-22-19(25-18)16-10-7-6-8-11-16/h6-8,10-11,17H,9,12-15H2,1-5H3/t17-/m0/s1. The Morgan fingerprint density at radius 1 is 1.19 bits per heavy atom. The van der Waals surface area contributed by atoms with Crippen molar-refractivity contribution in [2.24, 2.45) is 0 Å². The zero-order chi connectivity index (χ0) is 18.8. The summed E-state index contributed by atoms with van der Waals surface area (Å²) >= 11 is 0. The van der Waals surface area contributed by atoms with Crippen molar-refractivity contribution in [1.82, 2.24) is 15.1 Å². The molecule has 0 spiro atoms. The predicted octanol–water partition coefficient (Wildman–Crippen LogP) is 4.72. The molecule has 1 aliphatic rings. The van der Waals surface area contributed by atoms with Crippen molar-refractivity contribution < 1.29 is 8.84 Å². The number of hydrogen-bond acceptors (Lipinski definition) is 5. The molecule has 1 saturated heterocycles. The first-order valence-corrected chi connectivity index (χ1v) is 12.4. The van der Waals surface area contributed by atoms with Crippen LogP contribution in [0, 0.1) is 0 Å². The van der Waals surface area contributed by atoms with Crippen molar-refractivity contribution >= 4 is 8.32 Å². The van der Waals surface area contributed by atoms with E-state index < -0.39 is 8.32 Å². The SMILES string of the molecule is CC(C)(C)[Si](C)(C)OC[C@@H]1CCCN1Cc1nnc(-c2ccccc2)o1. The van der Waals surface area contributed by atoms with Crippen molar-refractivity contribution in [3.8, 4) is 11.5 Å². The van der Waals surface area contributed by atoms with Gasteiger partial charge in [0.15, 0.2) is 8.32 Å². The van der Waals surface area contributed by atoms with Gasteiger partial charge in [-0.05, 0) is 49.7 Å². The van der Waals surface area contributed by atoms with Gasteiger partial charge in [0.25, 0.3) is 0 Å². The minimum Gasteiger partial charge on any atom is -0.419 e. The molecule has 3 rings (SSSR count). The van der Waals surface area contributed by atoms with Crippen LogP contribution in [0.3, 0.4) is 0 Å². The molecule has 1 atom stereocenters. The fourth-order valence-corrected chi connectivity index (χ4v) is 4.04. The molecule has 26 heavy (non-hydrogen) atoms. The highest BCUT2D eigenvalue weighted by atomic mass is 28.4. The second-order valence-electron chi connectivity index (χ2n) is 8.70. The molecule has 0 amide bonds. The average Bonchev–Trinajstić information content (AvgIpc) is 3.23. The monoisotopic (exact) mass is 373 g/mol. The van der Waals surface area contributed by atoms with Gasteiger partial charge in [0.1, 0.15) is 0 Å². The van der Waals surface area contributed by atoms with E-state index in [-0.39, 0.29) is 5.04 Å². The van der Waals surface area contributed by atoms with Crippen molar-refractivity contribution in [2.75, 3.05) is 13.2 Å². The van der Waals surface area contributed by atoms with E-state index >= 15 is 0 Å². The van der Waals surface area contributed by atoms with Crippen molar-refractivity contribution in [2.45, 2.75) is 64.3 Å². The lowest BCUT2D eigenvalue weighted by molar-refractivity contribution is 0.148. The van der Waals surface area contributed by atoms with Crippen LogP contribution >= 0.6 is 0 Å². The lowest BCUT2D eigenvalue weighted by Gasteiger charge is -2.37. The van der Waals surface area contributed by atoms with Gasteiger partial charge in [0.05, 0.1) is 6.54 Å². The van der Waals surface area contributed by atoms with Crippen LogP contribution in [0.5, 0.6) is 0 Å². The van der Waals surface area contributed by atoms with Crippen LogP contribution in [0.2, 0.25) is 18.1 Å². The molecule has 1 aliphatic heterocycles. The fourth-order valence-electron chi connectivity index (χ4n) is 3.00. The lowest BCUT2D eigenvalue weighted by Crippen LogP contribution is -2.44. The van der Waals surface area contributed by atoms with Gasteiger partial charge in [-0.2, -0.15) is 0 Å². The molecule has 2 aromatic rings. The zero-order valence-electron chi connectivity index (χ0n) is 16.7. The van der Waals surface area contributed by atoms with Crippen LogP contribution in [-0.4, -0.2) is 42.6 Å². The fraction of sp³-hybridized carbons (Fsp3) is 0.600. The molecule has 0 unspecified atom stereocenters. The molecule has 1 aromatic heterocycles. The van der Waals surface area contributed by atoms with E-state index in [0.29, 0.717) is 24.4 Å². The first-order chi connectivity index (χ1) is 12.3. The normalized spacial score (nSPS) is 19.2. The molecular weight excluding hydrogens is 342 g/mol. The smallest absolute Gasteiger partial charge is 0.247 e. The van der Waals surface area contributed by atoms with Crippen LogP contribution in [0.1, 0.15) is 39.5 Å². The average molecular weight is 374 g/mol. The molecule has 0 bridgehead atoms. The molecule has 0 radical (unpaired) electrons. The zero-order valence-corrected chi connectivity index (χ0v) is 17.7. The highest BCUT2D eigenvalue weighted by molar-refractivity contribution is 6.74. The van der Waals surface area contributed by atoms with Gasteiger partial charge in [-0.1, -0.05) is 39.0 Å². The molecule has 2 heterocycles. The molecule has 6 heteroatoms. The summed E-state index contributed by atoms with van der Waals surface area (Å²) in [6, 6.07) is 10.4. The van der Waals surface area contributed by atoms with E-state index in [2.05, 4.69) is 49.0 Å². The van der Waals surface area contributed by atoms with Crippen molar-refractivity contribution in [3.63, 3.8) is 0 Å². The van der Waals surface area contributed by atoms with Crippen LogP contribution in [0.15, 0.2) is 34.7 Å². The Morgan fingerprint density at radius 2 is 1.92 bits per heavy atom. The topological polar surface area (TPSA) is 51.4 Å². The van der Waals surface area contributed by atoms with E-state index in [1.807, 2.05) is 30.3 Å². The summed E-state index contributed by atoms with van der Waals surface area (Å²) in [7, 11) is -1.71. The highest BCUT2D eigenvalue weighted by Gasteiger charge is 2.38. The molecule has 5 nitrogen and oxygen atoms in total. The van der Waals surface area contributed by atoms with E-state index in [1.54, 1.807) is 0 Å². The van der Waals surface area contributed by atoms with Crippen LogP contribution in [-0.2, 0) is 11.0 Å². The number of aromatic nitrogens is 2. The number of rotatable bonds is 6. The van der Waals surface area contributed by atoms with Crippen LogP contribution in [0.25, 0.3) is 11.5 Å². The molecule has 1 aromatic carbocycles. The maximum absolute atomic E-state index is 6.45. The summed E-state index contributed by atoms with van der Waals surface area (Å²) in [4.78, 5) is 2.43. The highest BCUT2D eigenvalue weighted by Crippen LogP contribution is 2.37. The first-order valence-electron chi connectivity index (χ1n) is 9.52. The predicted molar refractivity (Wildman–Crippen MR) is 106 cm³/mol. The van der Waals surface area contributed by atoms with Crippen molar-refractivity contribution in [3.05, 3.63) is 36.2 Å². The van der Waals surface area contributed by atoms with E-state index in [1.165, 1.54) is 12.8 Å². The van der Waals surface area contributed by atoms with Crippen LogP contribution < -0.4 is 0 Å².